The first-order chi connectivity index (χ1) is 8.78. The molecule has 2 aromatic heterocycles. The van der Waals surface area contributed by atoms with Gasteiger partial charge in [-0.1, -0.05) is 18.2 Å². The van der Waals surface area contributed by atoms with E-state index in [9.17, 15) is 0 Å². The van der Waals surface area contributed by atoms with Crippen LogP contribution in [0.1, 0.15) is 20.7 Å². The van der Waals surface area contributed by atoms with E-state index in [-0.39, 0.29) is 6.04 Å². The van der Waals surface area contributed by atoms with Crippen LogP contribution in [0, 0.1) is 6.92 Å². The molecule has 2 nitrogen and oxygen atoms in total. The van der Waals surface area contributed by atoms with Gasteiger partial charge in [-0.15, -0.1) is 22.7 Å². The van der Waals surface area contributed by atoms with Gasteiger partial charge in [0.05, 0.1) is 6.04 Å². The summed E-state index contributed by atoms with van der Waals surface area (Å²) in [5.41, 5.74) is 2.93. The second kappa shape index (κ2) is 4.82. The van der Waals surface area contributed by atoms with Crippen molar-refractivity contribution in [2.45, 2.75) is 13.0 Å². The highest BCUT2D eigenvalue weighted by molar-refractivity contribution is 7.19. The predicted molar refractivity (Wildman–Crippen MR) is 80.0 cm³/mol. The quantitative estimate of drug-likeness (QED) is 0.563. The molecule has 0 saturated carbocycles. The Morgan fingerprint density at radius 3 is 2.56 bits per heavy atom. The van der Waals surface area contributed by atoms with Gasteiger partial charge in [-0.3, -0.25) is 5.84 Å². The summed E-state index contributed by atoms with van der Waals surface area (Å²) in [5.74, 6) is 5.73. The molecule has 0 fully saturated rings. The number of rotatable bonds is 3. The number of thiophene rings is 2. The summed E-state index contributed by atoms with van der Waals surface area (Å²) in [4.78, 5) is 3.84. The van der Waals surface area contributed by atoms with Crippen molar-refractivity contribution in [1.29, 1.82) is 0 Å². The summed E-state index contributed by atoms with van der Waals surface area (Å²) in [6.45, 7) is 2.12. The fraction of sp³-hybridized carbons (Fsp3) is 0.143. The first-order valence-corrected chi connectivity index (χ1v) is 7.42. The van der Waals surface area contributed by atoms with Gasteiger partial charge in [0, 0.05) is 19.3 Å². The third kappa shape index (κ3) is 2.08. The highest BCUT2D eigenvalue weighted by atomic mass is 32.1. The standard InChI is InChI=1S/C14H14N2S2/c1-9-6-7-12(17-9)14(16-15)13-8-10-4-2-3-5-11(10)18-13/h2-8,14,16H,15H2,1H3. The lowest BCUT2D eigenvalue weighted by atomic mass is 10.2. The molecule has 1 unspecified atom stereocenters. The number of fused-ring (bicyclic) bond motifs is 1. The summed E-state index contributed by atoms with van der Waals surface area (Å²) in [7, 11) is 0. The van der Waals surface area contributed by atoms with E-state index in [2.05, 4.69) is 54.8 Å². The van der Waals surface area contributed by atoms with Crippen molar-refractivity contribution in [3.05, 3.63) is 57.1 Å². The first-order valence-electron chi connectivity index (χ1n) is 5.79. The number of hydrogen-bond donors (Lipinski definition) is 2. The van der Waals surface area contributed by atoms with E-state index in [4.69, 9.17) is 5.84 Å². The van der Waals surface area contributed by atoms with E-state index < -0.39 is 0 Å². The fourth-order valence-electron chi connectivity index (χ4n) is 2.06. The van der Waals surface area contributed by atoms with Crippen LogP contribution in [0.3, 0.4) is 0 Å². The third-order valence-electron chi connectivity index (χ3n) is 2.94. The molecule has 0 spiro atoms. The maximum absolute atomic E-state index is 5.73. The molecule has 4 heteroatoms. The van der Waals surface area contributed by atoms with Crippen LogP contribution in [-0.4, -0.2) is 0 Å². The van der Waals surface area contributed by atoms with Gasteiger partial charge in [0.25, 0.3) is 0 Å². The summed E-state index contributed by atoms with van der Waals surface area (Å²) in [6.07, 6.45) is 0. The van der Waals surface area contributed by atoms with E-state index in [0.29, 0.717) is 0 Å². The average molecular weight is 274 g/mol. The number of aryl methyl sites for hydroxylation is 1. The Morgan fingerprint density at radius 2 is 1.89 bits per heavy atom. The van der Waals surface area contributed by atoms with Gasteiger partial charge in [-0.25, -0.2) is 5.43 Å². The smallest absolute Gasteiger partial charge is 0.0895 e. The van der Waals surface area contributed by atoms with Crippen molar-refractivity contribution in [2.75, 3.05) is 0 Å². The maximum atomic E-state index is 5.73. The second-order valence-corrected chi connectivity index (χ2v) is 6.67. The molecule has 0 aliphatic heterocycles. The van der Waals surface area contributed by atoms with E-state index in [1.54, 1.807) is 22.7 Å². The zero-order valence-corrected chi connectivity index (χ0v) is 11.6. The van der Waals surface area contributed by atoms with Crippen LogP contribution in [0.4, 0.5) is 0 Å². The number of hydrogen-bond acceptors (Lipinski definition) is 4. The van der Waals surface area contributed by atoms with E-state index in [1.165, 1.54) is 24.7 Å². The summed E-state index contributed by atoms with van der Waals surface area (Å²) < 4.78 is 1.31. The van der Waals surface area contributed by atoms with Crippen LogP contribution in [0.5, 0.6) is 0 Å². The van der Waals surface area contributed by atoms with Gasteiger partial charge in [-0.05, 0) is 36.6 Å². The monoisotopic (exact) mass is 274 g/mol. The van der Waals surface area contributed by atoms with Crippen LogP contribution in [-0.2, 0) is 0 Å². The van der Waals surface area contributed by atoms with Gasteiger partial charge >= 0.3 is 0 Å². The van der Waals surface area contributed by atoms with Gasteiger partial charge in [0.2, 0.25) is 0 Å². The molecule has 0 bridgehead atoms. The summed E-state index contributed by atoms with van der Waals surface area (Å²) in [6, 6.07) is 15.0. The molecule has 3 rings (SSSR count). The minimum Gasteiger partial charge on any atom is -0.271 e. The van der Waals surface area contributed by atoms with Crippen molar-refractivity contribution in [1.82, 2.24) is 5.43 Å². The Labute approximate surface area is 114 Å². The Hall–Kier alpha value is -1.20. The molecule has 0 saturated heterocycles. The molecular weight excluding hydrogens is 260 g/mol. The number of nitrogens with one attached hydrogen (secondary N) is 1. The fourth-order valence-corrected chi connectivity index (χ4v) is 4.23. The average Bonchev–Trinajstić information content (AvgIpc) is 2.96. The molecule has 1 aromatic carbocycles. The predicted octanol–water partition coefficient (Wildman–Crippen LogP) is 3.82. The molecule has 0 radical (unpaired) electrons. The lowest BCUT2D eigenvalue weighted by molar-refractivity contribution is 0.656. The molecule has 18 heavy (non-hydrogen) atoms. The highest BCUT2D eigenvalue weighted by Gasteiger charge is 2.16. The van der Waals surface area contributed by atoms with Gasteiger partial charge < -0.3 is 0 Å². The van der Waals surface area contributed by atoms with Crippen LogP contribution in [0.25, 0.3) is 10.1 Å². The highest BCUT2D eigenvalue weighted by Crippen LogP contribution is 2.35. The molecule has 0 aliphatic carbocycles. The zero-order chi connectivity index (χ0) is 12.5. The largest absolute Gasteiger partial charge is 0.271 e. The van der Waals surface area contributed by atoms with Gasteiger partial charge in [-0.2, -0.15) is 0 Å². The zero-order valence-electron chi connectivity index (χ0n) is 10.0. The lowest BCUT2D eigenvalue weighted by Crippen LogP contribution is -2.27. The number of hydrazine groups is 1. The normalized spacial score (nSPS) is 13.0. The Balaban J connectivity index is 2.05. The van der Waals surface area contributed by atoms with Crippen molar-refractivity contribution in [3.63, 3.8) is 0 Å². The van der Waals surface area contributed by atoms with Crippen molar-refractivity contribution in [2.24, 2.45) is 5.84 Å². The molecule has 1 atom stereocenters. The van der Waals surface area contributed by atoms with Crippen LogP contribution in [0.2, 0.25) is 0 Å². The maximum Gasteiger partial charge on any atom is 0.0895 e. The van der Waals surface area contributed by atoms with Gasteiger partial charge in [0.1, 0.15) is 0 Å². The van der Waals surface area contributed by atoms with Gasteiger partial charge in [0.15, 0.2) is 0 Å². The molecule has 0 aliphatic rings. The minimum absolute atomic E-state index is 0.0982. The molecule has 0 amide bonds. The lowest BCUT2D eigenvalue weighted by Gasteiger charge is -2.11. The van der Waals surface area contributed by atoms with Crippen LogP contribution < -0.4 is 11.3 Å². The Bertz CT molecular complexity index is 636. The molecule has 3 N–H and O–H groups in total. The number of nitrogens with two attached hydrogens (primary N) is 1. The minimum atomic E-state index is 0.0982. The summed E-state index contributed by atoms with van der Waals surface area (Å²) in [5, 5.41) is 1.28. The van der Waals surface area contributed by atoms with Crippen molar-refractivity contribution in [3.8, 4) is 0 Å². The molecule has 3 aromatic rings. The third-order valence-corrected chi connectivity index (χ3v) is 5.19. The summed E-state index contributed by atoms with van der Waals surface area (Å²) >= 11 is 3.59. The molecule has 2 heterocycles. The Morgan fingerprint density at radius 1 is 1.06 bits per heavy atom. The first kappa shape index (κ1) is 11.9. The molecular formula is C14H14N2S2. The van der Waals surface area contributed by atoms with Crippen LogP contribution >= 0.6 is 22.7 Å². The van der Waals surface area contributed by atoms with Crippen molar-refractivity contribution < 1.29 is 0 Å². The second-order valence-electron chi connectivity index (χ2n) is 4.23. The van der Waals surface area contributed by atoms with Crippen molar-refractivity contribution >= 4 is 32.8 Å². The van der Waals surface area contributed by atoms with E-state index in [1.807, 2.05) is 0 Å². The van der Waals surface area contributed by atoms with Crippen LogP contribution in [0.15, 0.2) is 42.5 Å². The van der Waals surface area contributed by atoms with E-state index in [0.717, 1.165) is 0 Å². The van der Waals surface area contributed by atoms with E-state index >= 15 is 0 Å². The number of benzene rings is 1. The molecule has 92 valence electrons. The topological polar surface area (TPSA) is 38.0 Å². The SMILES string of the molecule is Cc1ccc(C(NN)c2cc3ccccc3s2)s1. The Kier molecular flexibility index (Phi) is 3.18.